The van der Waals surface area contributed by atoms with Crippen LogP contribution < -0.4 is 5.73 Å². The van der Waals surface area contributed by atoms with Gasteiger partial charge in [0.2, 0.25) is 5.91 Å². The van der Waals surface area contributed by atoms with Gasteiger partial charge in [0.1, 0.15) is 0 Å². The average molecular weight is 185 g/mol. The number of hydrogen-bond donors (Lipinski definition) is 1. The summed E-state index contributed by atoms with van der Waals surface area (Å²) in [5.74, 6) is 0.681. The molecule has 0 aliphatic carbocycles. The molecule has 1 atom stereocenters. The van der Waals surface area contributed by atoms with E-state index in [1.54, 1.807) is 0 Å². The number of rotatable bonds is 8. The van der Waals surface area contributed by atoms with E-state index in [1.807, 2.05) is 0 Å². The Balaban J connectivity index is 3.11. The molecule has 0 saturated carbocycles. The van der Waals surface area contributed by atoms with Crippen LogP contribution >= 0.6 is 0 Å². The van der Waals surface area contributed by atoms with Crippen molar-refractivity contribution in [3.63, 3.8) is 0 Å². The van der Waals surface area contributed by atoms with Crippen molar-refractivity contribution in [3.8, 4) is 0 Å². The van der Waals surface area contributed by atoms with E-state index in [-0.39, 0.29) is 5.91 Å². The molecule has 0 radical (unpaired) electrons. The average Bonchev–Trinajstić information content (AvgIpc) is 2.03. The second-order valence-corrected chi connectivity index (χ2v) is 3.96. The summed E-state index contributed by atoms with van der Waals surface area (Å²) in [5.41, 5.74) is 5.04. The maximum absolute atomic E-state index is 10.4. The van der Waals surface area contributed by atoms with Crippen molar-refractivity contribution in [1.82, 2.24) is 0 Å². The first-order valence-corrected chi connectivity index (χ1v) is 5.45. The molecule has 2 nitrogen and oxygen atoms in total. The smallest absolute Gasteiger partial charge is 0.217 e. The zero-order valence-electron chi connectivity index (χ0n) is 9.01. The minimum absolute atomic E-state index is 0.165. The summed E-state index contributed by atoms with van der Waals surface area (Å²) in [4.78, 5) is 10.4. The minimum atomic E-state index is -0.165. The van der Waals surface area contributed by atoms with Crippen molar-refractivity contribution in [3.05, 3.63) is 0 Å². The molecule has 0 aliphatic rings. The largest absolute Gasteiger partial charge is 0.370 e. The Bertz CT molecular complexity index is 134. The number of hydrogen-bond acceptors (Lipinski definition) is 1. The molecule has 1 unspecified atom stereocenters. The molecule has 0 aromatic rings. The zero-order chi connectivity index (χ0) is 10.1. The lowest BCUT2D eigenvalue weighted by atomic mass is 9.98. The molecule has 0 aromatic carbocycles. The Morgan fingerprint density at radius 3 is 2.46 bits per heavy atom. The summed E-state index contributed by atoms with van der Waals surface area (Å²) in [6, 6.07) is 0. The van der Waals surface area contributed by atoms with E-state index in [0.717, 1.165) is 18.8 Å². The molecule has 0 bridgehead atoms. The number of unbranched alkanes of at least 4 members (excludes halogenated alkanes) is 2. The standard InChI is InChI=1S/C11H23NO/c1-3-7-10(2)8-5-4-6-9-11(12)13/h10H,3-9H2,1-2H3,(H2,12,13). The molecule has 2 N–H and O–H groups in total. The van der Waals surface area contributed by atoms with Crippen LogP contribution in [0.5, 0.6) is 0 Å². The van der Waals surface area contributed by atoms with Gasteiger partial charge in [0.15, 0.2) is 0 Å². The quantitative estimate of drug-likeness (QED) is 0.580. The predicted octanol–water partition coefficient (Wildman–Crippen LogP) is 2.86. The first-order valence-electron chi connectivity index (χ1n) is 5.45. The fraction of sp³-hybridized carbons (Fsp3) is 0.909. The Hall–Kier alpha value is -0.530. The van der Waals surface area contributed by atoms with Crippen LogP contribution in [-0.4, -0.2) is 5.91 Å². The van der Waals surface area contributed by atoms with Gasteiger partial charge in [-0.15, -0.1) is 0 Å². The van der Waals surface area contributed by atoms with Crippen LogP contribution in [0.2, 0.25) is 0 Å². The summed E-state index contributed by atoms with van der Waals surface area (Å²) in [5, 5.41) is 0. The molecule has 13 heavy (non-hydrogen) atoms. The van der Waals surface area contributed by atoms with Gasteiger partial charge in [-0.3, -0.25) is 4.79 Å². The van der Waals surface area contributed by atoms with Crippen molar-refractivity contribution in [1.29, 1.82) is 0 Å². The molecule has 78 valence electrons. The van der Waals surface area contributed by atoms with E-state index in [9.17, 15) is 4.79 Å². The van der Waals surface area contributed by atoms with Gasteiger partial charge in [0, 0.05) is 6.42 Å². The Labute approximate surface area is 81.9 Å². The molecule has 2 heteroatoms. The molecular formula is C11H23NO. The molecule has 0 fully saturated rings. The highest BCUT2D eigenvalue weighted by atomic mass is 16.1. The van der Waals surface area contributed by atoms with Crippen molar-refractivity contribution < 1.29 is 4.79 Å². The molecule has 0 aromatic heterocycles. The van der Waals surface area contributed by atoms with Gasteiger partial charge in [0.05, 0.1) is 0 Å². The summed E-state index contributed by atoms with van der Waals surface area (Å²) >= 11 is 0. The van der Waals surface area contributed by atoms with Gasteiger partial charge in [-0.05, 0) is 12.3 Å². The van der Waals surface area contributed by atoms with Crippen LogP contribution in [0, 0.1) is 5.92 Å². The van der Waals surface area contributed by atoms with Gasteiger partial charge < -0.3 is 5.73 Å². The fourth-order valence-electron chi connectivity index (χ4n) is 1.61. The van der Waals surface area contributed by atoms with Crippen molar-refractivity contribution in [2.75, 3.05) is 0 Å². The summed E-state index contributed by atoms with van der Waals surface area (Å²) in [6.07, 6.45) is 7.83. The Morgan fingerprint density at radius 1 is 1.23 bits per heavy atom. The maximum atomic E-state index is 10.4. The van der Waals surface area contributed by atoms with E-state index in [0.29, 0.717) is 6.42 Å². The van der Waals surface area contributed by atoms with E-state index < -0.39 is 0 Å². The van der Waals surface area contributed by atoms with Gasteiger partial charge in [-0.2, -0.15) is 0 Å². The molecule has 0 rings (SSSR count). The van der Waals surface area contributed by atoms with Gasteiger partial charge in [-0.25, -0.2) is 0 Å². The third kappa shape index (κ3) is 9.38. The monoisotopic (exact) mass is 185 g/mol. The lowest BCUT2D eigenvalue weighted by Crippen LogP contribution is -2.09. The van der Waals surface area contributed by atoms with Crippen molar-refractivity contribution >= 4 is 5.91 Å². The summed E-state index contributed by atoms with van der Waals surface area (Å²) in [6.45, 7) is 4.53. The number of carbonyl (C=O) groups is 1. The molecule has 0 aliphatic heterocycles. The highest BCUT2D eigenvalue weighted by molar-refractivity contribution is 5.73. The Morgan fingerprint density at radius 2 is 1.92 bits per heavy atom. The molecule has 0 spiro atoms. The second-order valence-electron chi connectivity index (χ2n) is 3.96. The lowest BCUT2D eigenvalue weighted by Gasteiger charge is -2.08. The summed E-state index contributed by atoms with van der Waals surface area (Å²) in [7, 11) is 0. The highest BCUT2D eigenvalue weighted by Crippen LogP contribution is 2.14. The highest BCUT2D eigenvalue weighted by Gasteiger charge is 2.00. The fourth-order valence-corrected chi connectivity index (χ4v) is 1.61. The Kier molecular flexibility index (Phi) is 7.76. The lowest BCUT2D eigenvalue weighted by molar-refractivity contribution is -0.118. The SMILES string of the molecule is CCCC(C)CCCCCC(N)=O. The topological polar surface area (TPSA) is 43.1 Å². The van der Waals surface area contributed by atoms with Crippen LogP contribution in [0.4, 0.5) is 0 Å². The zero-order valence-corrected chi connectivity index (χ0v) is 9.01. The third-order valence-corrected chi connectivity index (χ3v) is 2.40. The van der Waals surface area contributed by atoms with E-state index >= 15 is 0 Å². The first-order chi connectivity index (χ1) is 6.16. The number of primary amides is 1. The van der Waals surface area contributed by atoms with E-state index in [2.05, 4.69) is 13.8 Å². The van der Waals surface area contributed by atoms with Crippen LogP contribution in [0.25, 0.3) is 0 Å². The molecule has 0 saturated heterocycles. The second kappa shape index (κ2) is 8.09. The maximum Gasteiger partial charge on any atom is 0.217 e. The van der Waals surface area contributed by atoms with Gasteiger partial charge in [0.25, 0.3) is 0 Å². The van der Waals surface area contributed by atoms with Crippen LogP contribution in [0.3, 0.4) is 0 Å². The van der Waals surface area contributed by atoms with E-state index in [4.69, 9.17) is 5.73 Å². The van der Waals surface area contributed by atoms with Crippen LogP contribution in [0.1, 0.15) is 58.8 Å². The third-order valence-electron chi connectivity index (χ3n) is 2.40. The molecular weight excluding hydrogens is 162 g/mol. The first kappa shape index (κ1) is 12.5. The van der Waals surface area contributed by atoms with Crippen molar-refractivity contribution in [2.24, 2.45) is 11.7 Å². The van der Waals surface area contributed by atoms with Gasteiger partial charge >= 0.3 is 0 Å². The molecule has 1 amide bonds. The van der Waals surface area contributed by atoms with Crippen molar-refractivity contribution in [2.45, 2.75) is 58.8 Å². The number of amides is 1. The van der Waals surface area contributed by atoms with E-state index in [1.165, 1.54) is 25.7 Å². The number of nitrogens with two attached hydrogens (primary N) is 1. The van der Waals surface area contributed by atoms with Crippen LogP contribution in [-0.2, 0) is 4.79 Å². The minimum Gasteiger partial charge on any atom is -0.370 e. The normalized spacial score (nSPS) is 12.8. The van der Waals surface area contributed by atoms with Gasteiger partial charge in [-0.1, -0.05) is 46.0 Å². The predicted molar refractivity (Wildman–Crippen MR) is 56.4 cm³/mol. The summed E-state index contributed by atoms with van der Waals surface area (Å²) < 4.78 is 0. The van der Waals surface area contributed by atoms with Crippen LogP contribution in [0.15, 0.2) is 0 Å². The number of carbonyl (C=O) groups excluding carboxylic acids is 1. The molecule has 0 heterocycles.